The smallest absolute Gasteiger partial charge is 0.416 e. The highest BCUT2D eigenvalue weighted by molar-refractivity contribution is 7.99. The monoisotopic (exact) mass is 396 g/mol. The topological polar surface area (TPSA) is 43.4 Å². The summed E-state index contributed by atoms with van der Waals surface area (Å²) in [6.45, 7) is 2.01. The second-order valence-electron chi connectivity index (χ2n) is 5.37. The molecule has 2 aromatic rings. The second kappa shape index (κ2) is 11.3. The number of aryl methyl sites for hydroxylation is 1. The van der Waals surface area contributed by atoms with Crippen LogP contribution in [0.1, 0.15) is 23.1 Å². The molecular formula is C20H19F3O3S. The van der Waals surface area contributed by atoms with E-state index in [0.717, 1.165) is 41.2 Å². The van der Waals surface area contributed by atoms with E-state index < -0.39 is 11.7 Å². The Labute approximate surface area is 160 Å². The third-order valence-corrected chi connectivity index (χ3v) is 4.49. The summed E-state index contributed by atoms with van der Waals surface area (Å²) in [7, 11) is 1.65. The van der Waals surface area contributed by atoms with Gasteiger partial charge >= 0.3 is 12.3 Å². The molecule has 0 fully saturated rings. The highest BCUT2D eigenvalue weighted by Gasteiger charge is 2.29. The van der Waals surface area contributed by atoms with Gasteiger partial charge in [-0.3, -0.25) is 0 Å². The van der Waals surface area contributed by atoms with E-state index in [9.17, 15) is 13.2 Å². The molecule has 0 spiro atoms. The molecule has 0 amide bonds. The Morgan fingerprint density at radius 1 is 1.11 bits per heavy atom. The van der Waals surface area contributed by atoms with Gasteiger partial charge in [0, 0.05) is 10.6 Å². The second-order valence-corrected chi connectivity index (χ2v) is 6.54. The standard InChI is InChI=1S/C19H19F3OS.CO2/c1-14-13-17(10-11-18(14)23-2)24-12-4-3-5-15-6-8-16(9-7-15)19(20,21)22;2-1-3/h3,5-11,13H,4,12H2,1-2H3;/b5-3+;. The number of alkyl halides is 3. The molecule has 0 atom stereocenters. The minimum atomic E-state index is -4.28. The maximum absolute atomic E-state index is 12.5. The van der Waals surface area contributed by atoms with Crippen LogP contribution in [0, 0.1) is 6.92 Å². The van der Waals surface area contributed by atoms with Crippen molar-refractivity contribution in [3.05, 3.63) is 65.2 Å². The zero-order valence-electron chi connectivity index (χ0n) is 14.9. The fourth-order valence-electron chi connectivity index (χ4n) is 2.19. The predicted molar refractivity (Wildman–Crippen MR) is 98.6 cm³/mol. The molecule has 7 heteroatoms. The molecular weight excluding hydrogens is 377 g/mol. The van der Waals surface area contributed by atoms with Crippen molar-refractivity contribution in [2.45, 2.75) is 24.4 Å². The summed E-state index contributed by atoms with van der Waals surface area (Å²) in [5, 5.41) is 0. The molecule has 0 heterocycles. The SMILES string of the molecule is COc1ccc(SCC/C=C/c2ccc(C(F)(F)F)cc2)cc1C.O=C=O. The number of hydrogen-bond donors (Lipinski definition) is 0. The van der Waals surface area contributed by atoms with Gasteiger partial charge in [0.2, 0.25) is 0 Å². The molecule has 0 aliphatic rings. The quantitative estimate of drug-likeness (QED) is 0.469. The van der Waals surface area contributed by atoms with Gasteiger partial charge in [-0.25, -0.2) is 0 Å². The maximum Gasteiger partial charge on any atom is 0.416 e. The number of carbonyl (C=O) groups excluding carboxylic acids is 2. The zero-order chi connectivity index (χ0) is 20.3. The normalized spacial score (nSPS) is 10.9. The number of hydrogen-bond acceptors (Lipinski definition) is 4. The minimum Gasteiger partial charge on any atom is -0.496 e. The first-order valence-electron chi connectivity index (χ1n) is 7.92. The number of halogens is 3. The Morgan fingerprint density at radius 3 is 2.26 bits per heavy atom. The van der Waals surface area contributed by atoms with E-state index in [1.54, 1.807) is 18.9 Å². The Hall–Kier alpha value is -2.50. The lowest BCUT2D eigenvalue weighted by Gasteiger charge is -2.06. The van der Waals surface area contributed by atoms with Gasteiger partial charge in [-0.2, -0.15) is 22.8 Å². The van der Waals surface area contributed by atoms with E-state index in [-0.39, 0.29) is 6.15 Å². The number of allylic oxidation sites excluding steroid dienone is 1. The van der Waals surface area contributed by atoms with Crippen LogP contribution in [-0.4, -0.2) is 19.0 Å². The van der Waals surface area contributed by atoms with Crippen LogP contribution in [0.25, 0.3) is 6.08 Å². The Balaban J connectivity index is 0.00000114. The van der Waals surface area contributed by atoms with Crippen molar-refractivity contribution >= 4 is 24.0 Å². The zero-order valence-corrected chi connectivity index (χ0v) is 15.7. The van der Waals surface area contributed by atoms with Crippen LogP contribution in [-0.2, 0) is 15.8 Å². The lowest BCUT2D eigenvalue weighted by molar-refractivity contribution is -0.191. The number of rotatable bonds is 6. The summed E-state index contributed by atoms with van der Waals surface area (Å²) >= 11 is 1.74. The minimum absolute atomic E-state index is 0.250. The number of ether oxygens (including phenoxy) is 1. The molecule has 144 valence electrons. The van der Waals surface area contributed by atoms with E-state index in [4.69, 9.17) is 14.3 Å². The first kappa shape index (κ1) is 22.5. The lowest BCUT2D eigenvalue weighted by atomic mass is 10.1. The van der Waals surface area contributed by atoms with Gasteiger partial charge in [0.05, 0.1) is 12.7 Å². The van der Waals surface area contributed by atoms with E-state index in [0.29, 0.717) is 0 Å². The van der Waals surface area contributed by atoms with Gasteiger partial charge in [-0.15, -0.1) is 11.8 Å². The molecule has 0 aliphatic heterocycles. The Morgan fingerprint density at radius 2 is 1.74 bits per heavy atom. The van der Waals surface area contributed by atoms with Crippen molar-refractivity contribution in [3.63, 3.8) is 0 Å². The van der Waals surface area contributed by atoms with E-state index >= 15 is 0 Å². The van der Waals surface area contributed by atoms with Crippen molar-refractivity contribution in [1.29, 1.82) is 0 Å². The fourth-order valence-corrected chi connectivity index (χ4v) is 3.10. The number of methoxy groups -OCH3 is 1. The van der Waals surface area contributed by atoms with Crippen LogP contribution < -0.4 is 4.74 Å². The highest BCUT2D eigenvalue weighted by Crippen LogP contribution is 2.29. The van der Waals surface area contributed by atoms with Crippen LogP contribution >= 0.6 is 11.8 Å². The first-order valence-corrected chi connectivity index (χ1v) is 8.91. The van der Waals surface area contributed by atoms with Crippen molar-refractivity contribution in [2.75, 3.05) is 12.9 Å². The van der Waals surface area contributed by atoms with Gasteiger partial charge in [0.15, 0.2) is 0 Å². The Kier molecular flexibility index (Phi) is 9.40. The molecule has 0 aliphatic carbocycles. The molecule has 2 rings (SSSR count). The van der Waals surface area contributed by atoms with Crippen LogP contribution in [0.15, 0.2) is 53.4 Å². The fraction of sp³-hybridized carbons (Fsp3) is 0.250. The summed E-state index contributed by atoms with van der Waals surface area (Å²) < 4.78 is 42.7. The number of benzene rings is 2. The molecule has 27 heavy (non-hydrogen) atoms. The van der Waals surface area contributed by atoms with E-state index in [1.807, 2.05) is 31.2 Å². The van der Waals surface area contributed by atoms with Crippen molar-refractivity contribution in [1.82, 2.24) is 0 Å². The molecule has 0 N–H and O–H groups in total. The molecule has 0 saturated carbocycles. The molecule has 3 nitrogen and oxygen atoms in total. The summed E-state index contributed by atoms with van der Waals surface area (Å²) in [5.74, 6) is 1.78. The number of thioether (sulfide) groups is 1. The van der Waals surface area contributed by atoms with E-state index in [1.165, 1.54) is 17.0 Å². The van der Waals surface area contributed by atoms with Crippen LogP contribution in [0.3, 0.4) is 0 Å². The average Bonchev–Trinajstić information content (AvgIpc) is 2.62. The molecule has 2 aromatic carbocycles. The van der Waals surface area contributed by atoms with Gasteiger partial charge in [-0.05, 0) is 54.8 Å². The van der Waals surface area contributed by atoms with Crippen LogP contribution in [0.2, 0.25) is 0 Å². The first-order chi connectivity index (χ1) is 12.8. The molecule has 0 unspecified atom stereocenters. The van der Waals surface area contributed by atoms with Crippen LogP contribution in [0.4, 0.5) is 13.2 Å². The highest BCUT2D eigenvalue weighted by atomic mass is 32.2. The van der Waals surface area contributed by atoms with Gasteiger partial charge < -0.3 is 4.74 Å². The van der Waals surface area contributed by atoms with Crippen molar-refractivity contribution in [2.24, 2.45) is 0 Å². The third-order valence-electron chi connectivity index (χ3n) is 3.47. The molecule has 0 bridgehead atoms. The summed E-state index contributed by atoms with van der Waals surface area (Å²) in [4.78, 5) is 17.4. The van der Waals surface area contributed by atoms with E-state index in [2.05, 4.69) is 6.07 Å². The van der Waals surface area contributed by atoms with Crippen molar-refractivity contribution in [3.8, 4) is 5.75 Å². The summed E-state index contributed by atoms with van der Waals surface area (Å²) in [5.41, 5.74) is 1.25. The van der Waals surface area contributed by atoms with Crippen molar-refractivity contribution < 1.29 is 27.5 Å². The van der Waals surface area contributed by atoms with Gasteiger partial charge in [0.25, 0.3) is 0 Å². The molecule has 0 saturated heterocycles. The summed E-state index contributed by atoms with van der Waals surface area (Å²) in [6.07, 6.45) is 0.637. The van der Waals surface area contributed by atoms with Gasteiger partial charge in [-0.1, -0.05) is 24.3 Å². The lowest BCUT2D eigenvalue weighted by Crippen LogP contribution is -2.03. The average molecular weight is 396 g/mol. The van der Waals surface area contributed by atoms with Crippen LogP contribution in [0.5, 0.6) is 5.75 Å². The Bertz CT molecular complexity index is 778. The summed E-state index contributed by atoms with van der Waals surface area (Å²) in [6, 6.07) is 11.2. The molecule has 0 radical (unpaired) electrons. The predicted octanol–water partition coefficient (Wildman–Crippen LogP) is 5.63. The largest absolute Gasteiger partial charge is 0.496 e. The maximum atomic E-state index is 12.5. The van der Waals surface area contributed by atoms with Gasteiger partial charge in [0.1, 0.15) is 5.75 Å². The molecule has 0 aromatic heterocycles. The third kappa shape index (κ3) is 8.15.